The van der Waals surface area contributed by atoms with Crippen molar-refractivity contribution in [3.63, 3.8) is 0 Å². The van der Waals surface area contributed by atoms with Crippen LogP contribution in [0.15, 0.2) is 30.6 Å². The Morgan fingerprint density at radius 2 is 2.07 bits per heavy atom. The molecule has 2 aliphatic carbocycles. The van der Waals surface area contributed by atoms with Gasteiger partial charge in [0.25, 0.3) is 0 Å². The van der Waals surface area contributed by atoms with E-state index >= 15 is 0 Å². The van der Waals surface area contributed by atoms with E-state index in [2.05, 4.69) is 45.2 Å². The van der Waals surface area contributed by atoms with Crippen molar-refractivity contribution < 1.29 is 4.74 Å². The zero-order valence-corrected chi connectivity index (χ0v) is 17.1. The van der Waals surface area contributed by atoms with E-state index in [9.17, 15) is 5.26 Å². The Labute approximate surface area is 175 Å². The molecule has 1 N–H and O–H groups in total. The topological polar surface area (TPSA) is 88.7 Å². The van der Waals surface area contributed by atoms with Crippen molar-refractivity contribution in [2.75, 3.05) is 18.5 Å². The summed E-state index contributed by atoms with van der Waals surface area (Å²) in [5, 5.41) is 18.8. The van der Waals surface area contributed by atoms with E-state index < -0.39 is 0 Å². The number of fused-ring (bicyclic) bond motifs is 1. The molecular weight excluding hydrogens is 376 g/mol. The van der Waals surface area contributed by atoms with E-state index in [1.807, 2.05) is 18.5 Å². The summed E-state index contributed by atoms with van der Waals surface area (Å²) in [6.07, 6.45) is 8.99. The molecular formula is C23H24N6O. The molecule has 30 heavy (non-hydrogen) atoms. The highest BCUT2D eigenvalue weighted by molar-refractivity contribution is 5.81. The Morgan fingerprint density at radius 1 is 1.23 bits per heavy atom. The second-order valence-electron chi connectivity index (χ2n) is 9.00. The molecule has 1 atom stereocenters. The van der Waals surface area contributed by atoms with Crippen LogP contribution < -0.4 is 5.32 Å². The molecule has 3 aromatic rings. The number of nitrogens with one attached hydrogen (secondary N) is 1. The van der Waals surface area contributed by atoms with Crippen LogP contribution in [-0.2, 0) is 10.2 Å². The highest BCUT2D eigenvalue weighted by Crippen LogP contribution is 2.78. The molecule has 1 aromatic carbocycles. The normalized spacial score (nSPS) is 24.7. The summed E-state index contributed by atoms with van der Waals surface area (Å²) >= 11 is 0. The zero-order valence-electron chi connectivity index (χ0n) is 17.1. The Hall–Kier alpha value is -2.98. The third kappa shape index (κ3) is 2.56. The fourth-order valence-electron chi connectivity index (χ4n) is 5.16. The lowest BCUT2D eigenvalue weighted by molar-refractivity contribution is 0.0657. The van der Waals surface area contributed by atoms with Crippen LogP contribution in [0, 0.1) is 23.7 Å². The molecule has 1 saturated heterocycles. The van der Waals surface area contributed by atoms with Gasteiger partial charge >= 0.3 is 0 Å². The largest absolute Gasteiger partial charge is 0.381 e. The van der Waals surface area contributed by atoms with E-state index in [4.69, 9.17) is 9.72 Å². The second-order valence-corrected chi connectivity index (χ2v) is 9.00. The maximum atomic E-state index is 9.84. The van der Waals surface area contributed by atoms with Crippen molar-refractivity contribution in [2.45, 2.75) is 50.5 Å². The average molecular weight is 400 g/mol. The van der Waals surface area contributed by atoms with Crippen molar-refractivity contribution in [1.82, 2.24) is 19.7 Å². The van der Waals surface area contributed by atoms with Gasteiger partial charge in [-0.2, -0.15) is 10.4 Å². The lowest BCUT2D eigenvalue weighted by Crippen LogP contribution is -2.21. The third-order valence-electron chi connectivity index (χ3n) is 7.33. The standard InChI is InChI=1S/C23H24N6O/c1-15-20(12-26-29(15)18-4-8-30-9-5-18)28-21-25-11-16-2-3-17(10-19(16)27-21)23(14-24)13-22(23)6-7-22/h2-3,10-12,18H,4-9,13H2,1H3,(H,25,27,28). The highest BCUT2D eigenvalue weighted by atomic mass is 16.5. The minimum atomic E-state index is -0.304. The summed E-state index contributed by atoms with van der Waals surface area (Å²) in [7, 11) is 0. The molecule has 0 radical (unpaired) electrons. The maximum absolute atomic E-state index is 9.84. The van der Waals surface area contributed by atoms with Crippen LogP contribution in [0.2, 0.25) is 0 Å². The first-order chi connectivity index (χ1) is 14.6. The van der Waals surface area contributed by atoms with Crippen molar-refractivity contribution >= 4 is 22.5 Å². The van der Waals surface area contributed by atoms with Crippen LogP contribution in [0.1, 0.15) is 49.4 Å². The minimum Gasteiger partial charge on any atom is -0.381 e. The Morgan fingerprint density at radius 3 is 2.80 bits per heavy atom. The number of benzene rings is 1. The molecule has 7 nitrogen and oxygen atoms in total. The summed E-state index contributed by atoms with van der Waals surface area (Å²) in [6, 6.07) is 9.18. The van der Waals surface area contributed by atoms with Crippen LogP contribution >= 0.6 is 0 Å². The number of ether oxygens (including phenoxy) is 1. The smallest absolute Gasteiger partial charge is 0.227 e. The summed E-state index contributed by atoms with van der Waals surface area (Å²) in [5.41, 5.74) is 3.92. The molecule has 1 unspecified atom stereocenters. The van der Waals surface area contributed by atoms with Crippen LogP contribution in [0.25, 0.3) is 10.9 Å². The molecule has 2 aromatic heterocycles. The molecule has 3 fully saturated rings. The number of hydrogen-bond donors (Lipinski definition) is 1. The molecule has 3 aliphatic rings. The van der Waals surface area contributed by atoms with Crippen LogP contribution in [0.5, 0.6) is 0 Å². The van der Waals surface area contributed by atoms with Gasteiger partial charge in [0, 0.05) is 24.8 Å². The summed E-state index contributed by atoms with van der Waals surface area (Å²) in [4.78, 5) is 9.24. The van der Waals surface area contributed by atoms with Gasteiger partial charge in [0.1, 0.15) is 0 Å². The van der Waals surface area contributed by atoms with Gasteiger partial charge in [0.2, 0.25) is 5.95 Å². The van der Waals surface area contributed by atoms with Gasteiger partial charge in [-0.25, -0.2) is 9.97 Å². The van der Waals surface area contributed by atoms with Gasteiger partial charge in [-0.05, 0) is 56.1 Å². The molecule has 6 rings (SSSR count). The van der Waals surface area contributed by atoms with Gasteiger partial charge in [-0.3, -0.25) is 4.68 Å². The molecule has 1 spiro atoms. The summed E-state index contributed by atoms with van der Waals surface area (Å²) < 4.78 is 7.56. The summed E-state index contributed by atoms with van der Waals surface area (Å²) in [5.74, 6) is 0.553. The predicted molar refractivity (Wildman–Crippen MR) is 112 cm³/mol. The van der Waals surface area contributed by atoms with Crippen LogP contribution in [0.4, 0.5) is 11.6 Å². The van der Waals surface area contributed by atoms with Crippen molar-refractivity contribution in [2.24, 2.45) is 5.41 Å². The van der Waals surface area contributed by atoms with E-state index in [0.717, 1.165) is 60.3 Å². The number of anilines is 2. The lowest BCUT2D eigenvalue weighted by atomic mass is 9.93. The SMILES string of the molecule is Cc1c(Nc2ncc3ccc(C4(C#N)CC45CC5)cc3n2)cnn1C1CCOCC1. The van der Waals surface area contributed by atoms with Crippen molar-refractivity contribution in [3.05, 3.63) is 41.9 Å². The number of rotatable bonds is 4. The Bertz CT molecular complexity index is 1180. The Kier molecular flexibility index (Phi) is 3.72. The number of nitrogens with zero attached hydrogens (tertiary/aromatic N) is 5. The van der Waals surface area contributed by atoms with Gasteiger partial charge in [0.05, 0.1) is 40.6 Å². The minimum absolute atomic E-state index is 0.249. The third-order valence-corrected chi connectivity index (χ3v) is 7.33. The average Bonchev–Trinajstić information content (AvgIpc) is 3.67. The lowest BCUT2D eigenvalue weighted by Gasteiger charge is -2.23. The first-order valence-electron chi connectivity index (χ1n) is 10.7. The molecule has 3 heterocycles. The molecule has 0 amide bonds. The molecule has 0 bridgehead atoms. The Balaban J connectivity index is 1.29. The maximum Gasteiger partial charge on any atom is 0.227 e. The van der Waals surface area contributed by atoms with Crippen LogP contribution in [-0.4, -0.2) is 33.0 Å². The van der Waals surface area contributed by atoms with E-state index in [-0.39, 0.29) is 10.8 Å². The predicted octanol–water partition coefficient (Wildman–Crippen LogP) is 4.18. The van der Waals surface area contributed by atoms with E-state index in [1.165, 1.54) is 12.8 Å². The molecule has 7 heteroatoms. The fourth-order valence-corrected chi connectivity index (χ4v) is 5.16. The molecule has 152 valence electrons. The first kappa shape index (κ1) is 17.8. The highest BCUT2D eigenvalue weighted by Gasteiger charge is 2.75. The number of hydrogen-bond acceptors (Lipinski definition) is 6. The second kappa shape index (κ2) is 6.26. The monoisotopic (exact) mass is 400 g/mol. The van der Waals surface area contributed by atoms with E-state index in [1.54, 1.807) is 0 Å². The van der Waals surface area contributed by atoms with Gasteiger partial charge < -0.3 is 10.1 Å². The summed E-state index contributed by atoms with van der Waals surface area (Å²) in [6.45, 7) is 3.64. The number of aromatic nitrogens is 4. The first-order valence-corrected chi connectivity index (χ1v) is 10.7. The fraction of sp³-hybridized carbons (Fsp3) is 0.478. The quantitative estimate of drug-likeness (QED) is 0.707. The van der Waals surface area contributed by atoms with E-state index in [0.29, 0.717) is 12.0 Å². The van der Waals surface area contributed by atoms with Gasteiger partial charge in [0.15, 0.2) is 0 Å². The van der Waals surface area contributed by atoms with Gasteiger partial charge in [-0.1, -0.05) is 12.1 Å². The van der Waals surface area contributed by atoms with Crippen molar-refractivity contribution in [3.8, 4) is 6.07 Å². The van der Waals surface area contributed by atoms with Crippen molar-refractivity contribution in [1.29, 1.82) is 5.26 Å². The zero-order chi connectivity index (χ0) is 20.3. The molecule has 1 aliphatic heterocycles. The molecule has 2 saturated carbocycles. The van der Waals surface area contributed by atoms with Crippen LogP contribution in [0.3, 0.4) is 0 Å². The number of nitriles is 1. The van der Waals surface area contributed by atoms with Gasteiger partial charge in [-0.15, -0.1) is 0 Å².